The smallest absolute Gasteiger partial charge is 0.317 e. The van der Waals surface area contributed by atoms with Crippen molar-refractivity contribution in [3.63, 3.8) is 0 Å². The Morgan fingerprint density at radius 1 is 1.45 bits per heavy atom. The maximum absolute atomic E-state index is 12.1. The summed E-state index contributed by atoms with van der Waals surface area (Å²) in [6.07, 6.45) is 3.87. The SMILES string of the molecule is CN(Cc1ccccn1)C(=O)NC1CCCC1C(=O)O. The van der Waals surface area contributed by atoms with Gasteiger partial charge in [0.15, 0.2) is 0 Å². The fraction of sp³-hybridized carbons (Fsp3) is 0.500. The van der Waals surface area contributed by atoms with Gasteiger partial charge in [-0.3, -0.25) is 9.78 Å². The average Bonchev–Trinajstić information content (AvgIpc) is 2.88. The molecule has 6 nitrogen and oxygen atoms in total. The Balaban J connectivity index is 1.89. The lowest BCUT2D eigenvalue weighted by Crippen LogP contribution is -2.45. The van der Waals surface area contributed by atoms with Gasteiger partial charge in [-0.1, -0.05) is 12.5 Å². The minimum atomic E-state index is -0.833. The molecule has 0 radical (unpaired) electrons. The Bertz CT molecular complexity index is 478. The van der Waals surface area contributed by atoms with E-state index < -0.39 is 11.9 Å². The largest absolute Gasteiger partial charge is 0.481 e. The highest BCUT2D eigenvalue weighted by Crippen LogP contribution is 2.25. The molecule has 2 atom stereocenters. The summed E-state index contributed by atoms with van der Waals surface area (Å²) in [5, 5.41) is 11.9. The number of rotatable bonds is 4. The number of hydrogen-bond donors (Lipinski definition) is 2. The summed E-state index contributed by atoms with van der Waals surface area (Å²) in [6.45, 7) is 0.400. The third-order valence-electron chi connectivity index (χ3n) is 3.61. The predicted octanol–water partition coefficient (Wildman–Crippen LogP) is 1.48. The Morgan fingerprint density at radius 3 is 2.90 bits per heavy atom. The Hall–Kier alpha value is -2.11. The summed E-state index contributed by atoms with van der Waals surface area (Å²) in [5.41, 5.74) is 0.798. The first kappa shape index (κ1) is 14.3. The average molecular weight is 277 g/mol. The molecule has 1 heterocycles. The first-order chi connectivity index (χ1) is 9.58. The maximum atomic E-state index is 12.1. The lowest BCUT2D eigenvalue weighted by atomic mass is 10.0. The highest BCUT2D eigenvalue weighted by Gasteiger charge is 2.34. The molecule has 1 aromatic heterocycles. The van der Waals surface area contributed by atoms with Gasteiger partial charge in [-0.15, -0.1) is 0 Å². The Kier molecular flexibility index (Phi) is 4.55. The number of aromatic nitrogens is 1. The van der Waals surface area contributed by atoms with Gasteiger partial charge in [0.05, 0.1) is 18.2 Å². The monoisotopic (exact) mass is 277 g/mol. The van der Waals surface area contributed by atoms with Gasteiger partial charge in [0.1, 0.15) is 0 Å². The summed E-state index contributed by atoms with van der Waals surface area (Å²) in [4.78, 5) is 28.8. The van der Waals surface area contributed by atoms with Crippen LogP contribution in [0.25, 0.3) is 0 Å². The molecule has 2 N–H and O–H groups in total. The van der Waals surface area contributed by atoms with Gasteiger partial charge in [-0.2, -0.15) is 0 Å². The lowest BCUT2D eigenvalue weighted by molar-refractivity contribution is -0.142. The second-order valence-electron chi connectivity index (χ2n) is 5.11. The van der Waals surface area contributed by atoms with Crippen LogP contribution in [0.3, 0.4) is 0 Å². The molecule has 6 heteroatoms. The molecule has 2 unspecified atom stereocenters. The third kappa shape index (κ3) is 3.46. The number of urea groups is 1. The number of amides is 2. The highest BCUT2D eigenvalue weighted by molar-refractivity contribution is 5.77. The molecule has 1 aliphatic carbocycles. The molecule has 0 spiro atoms. The van der Waals surface area contributed by atoms with Crippen molar-refractivity contribution in [2.75, 3.05) is 7.05 Å². The van der Waals surface area contributed by atoms with Crippen molar-refractivity contribution in [2.24, 2.45) is 5.92 Å². The van der Waals surface area contributed by atoms with E-state index in [-0.39, 0.29) is 12.1 Å². The van der Waals surface area contributed by atoms with Crippen LogP contribution in [-0.2, 0) is 11.3 Å². The number of carboxylic acids is 1. The second kappa shape index (κ2) is 6.36. The van der Waals surface area contributed by atoms with E-state index in [1.807, 2.05) is 18.2 Å². The van der Waals surface area contributed by atoms with E-state index in [0.717, 1.165) is 18.5 Å². The van der Waals surface area contributed by atoms with Crippen molar-refractivity contribution in [3.8, 4) is 0 Å². The number of carbonyl (C=O) groups is 2. The normalized spacial score (nSPS) is 21.4. The lowest BCUT2D eigenvalue weighted by Gasteiger charge is -2.23. The van der Waals surface area contributed by atoms with E-state index in [4.69, 9.17) is 5.11 Å². The van der Waals surface area contributed by atoms with Crippen LogP contribution in [0.5, 0.6) is 0 Å². The van der Waals surface area contributed by atoms with Crippen LogP contribution in [0.15, 0.2) is 24.4 Å². The number of pyridine rings is 1. The Labute approximate surface area is 117 Å². The molecule has 20 heavy (non-hydrogen) atoms. The van der Waals surface area contributed by atoms with Gasteiger partial charge in [0, 0.05) is 19.3 Å². The highest BCUT2D eigenvalue weighted by atomic mass is 16.4. The summed E-state index contributed by atoms with van der Waals surface area (Å²) in [7, 11) is 1.68. The van der Waals surface area contributed by atoms with E-state index in [9.17, 15) is 9.59 Å². The van der Waals surface area contributed by atoms with Crippen LogP contribution in [0.2, 0.25) is 0 Å². The van der Waals surface area contributed by atoms with Gasteiger partial charge in [0.2, 0.25) is 0 Å². The summed E-state index contributed by atoms with van der Waals surface area (Å²) in [5.74, 6) is -1.30. The van der Waals surface area contributed by atoms with Crippen molar-refractivity contribution in [1.29, 1.82) is 0 Å². The third-order valence-corrected chi connectivity index (χ3v) is 3.61. The van der Waals surface area contributed by atoms with Crippen LogP contribution in [-0.4, -0.2) is 40.1 Å². The molecule has 0 aromatic carbocycles. The minimum Gasteiger partial charge on any atom is -0.481 e. The van der Waals surface area contributed by atoms with E-state index >= 15 is 0 Å². The van der Waals surface area contributed by atoms with E-state index in [1.165, 1.54) is 4.90 Å². The Morgan fingerprint density at radius 2 is 2.25 bits per heavy atom. The van der Waals surface area contributed by atoms with Crippen molar-refractivity contribution >= 4 is 12.0 Å². The summed E-state index contributed by atoms with van der Waals surface area (Å²) >= 11 is 0. The topological polar surface area (TPSA) is 82.5 Å². The number of nitrogens with one attached hydrogen (secondary N) is 1. The molecule has 0 aliphatic heterocycles. The molecule has 1 aliphatic rings. The molecule has 2 amide bonds. The molecule has 0 bridgehead atoms. The standard InChI is InChI=1S/C14H19N3O3/c1-17(9-10-5-2-3-8-15-10)14(20)16-12-7-4-6-11(12)13(18)19/h2-3,5,8,11-12H,4,6-7,9H2,1H3,(H,16,20)(H,18,19). The fourth-order valence-corrected chi connectivity index (χ4v) is 2.50. The first-order valence-corrected chi connectivity index (χ1v) is 6.72. The molecule has 1 fully saturated rings. The summed E-state index contributed by atoms with van der Waals surface area (Å²) in [6, 6.07) is 5.00. The van der Waals surface area contributed by atoms with Crippen LogP contribution >= 0.6 is 0 Å². The number of carbonyl (C=O) groups excluding carboxylic acids is 1. The molecule has 0 saturated heterocycles. The molecular weight excluding hydrogens is 258 g/mol. The van der Waals surface area contributed by atoms with Crippen LogP contribution in [0.4, 0.5) is 4.79 Å². The van der Waals surface area contributed by atoms with Crippen LogP contribution in [0.1, 0.15) is 25.0 Å². The molecule has 108 valence electrons. The quantitative estimate of drug-likeness (QED) is 0.873. The summed E-state index contributed by atoms with van der Waals surface area (Å²) < 4.78 is 0. The molecule has 1 aromatic rings. The van der Waals surface area contributed by atoms with Crippen molar-refractivity contribution in [1.82, 2.24) is 15.2 Å². The van der Waals surface area contributed by atoms with Crippen molar-refractivity contribution < 1.29 is 14.7 Å². The zero-order valence-electron chi connectivity index (χ0n) is 11.5. The van der Waals surface area contributed by atoms with Crippen LogP contribution in [0, 0.1) is 5.92 Å². The van der Waals surface area contributed by atoms with Crippen LogP contribution < -0.4 is 5.32 Å². The van der Waals surface area contributed by atoms with E-state index in [0.29, 0.717) is 13.0 Å². The minimum absolute atomic E-state index is 0.256. The van der Waals surface area contributed by atoms with Gasteiger partial charge < -0.3 is 15.3 Å². The number of aliphatic carboxylic acids is 1. The van der Waals surface area contributed by atoms with E-state index in [2.05, 4.69) is 10.3 Å². The molecule has 1 saturated carbocycles. The maximum Gasteiger partial charge on any atom is 0.317 e. The van der Waals surface area contributed by atoms with Gasteiger partial charge in [0.25, 0.3) is 0 Å². The molecular formula is C14H19N3O3. The zero-order valence-corrected chi connectivity index (χ0v) is 11.5. The van der Waals surface area contributed by atoms with Gasteiger partial charge >= 0.3 is 12.0 Å². The molecule has 2 rings (SSSR count). The van der Waals surface area contributed by atoms with Crippen molar-refractivity contribution in [3.05, 3.63) is 30.1 Å². The fourth-order valence-electron chi connectivity index (χ4n) is 2.50. The van der Waals surface area contributed by atoms with Gasteiger partial charge in [-0.25, -0.2) is 4.79 Å². The number of carboxylic acid groups (broad SMARTS) is 1. The second-order valence-corrected chi connectivity index (χ2v) is 5.11. The number of hydrogen-bond acceptors (Lipinski definition) is 3. The van der Waals surface area contributed by atoms with E-state index in [1.54, 1.807) is 13.2 Å². The predicted molar refractivity (Wildman–Crippen MR) is 73.0 cm³/mol. The zero-order chi connectivity index (χ0) is 14.5. The number of nitrogens with zero attached hydrogens (tertiary/aromatic N) is 2. The first-order valence-electron chi connectivity index (χ1n) is 6.72. The van der Waals surface area contributed by atoms with Crippen molar-refractivity contribution in [2.45, 2.75) is 31.8 Å². The van der Waals surface area contributed by atoms with Gasteiger partial charge in [-0.05, 0) is 25.0 Å².